The first kappa shape index (κ1) is 9.40. The van der Waals surface area contributed by atoms with Crippen molar-refractivity contribution in [2.75, 3.05) is 11.9 Å². The fourth-order valence-electron chi connectivity index (χ4n) is 1.59. The molecule has 0 radical (unpaired) electrons. The van der Waals surface area contributed by atoms with Gasteiger partial charge in [-0.3, -0.25) is 4.98 Å². The monoisotopic (exact) mass is 193 g/mol. The maximum absolute atomic E-state index is 9.85. The molecule has 0 bridgehead atoms. The van der Waals surface area contributed by atoms with Crippen LogP contribution < -0.4 is 5.32 Å². The smallest absolute Gasteiger partial charge is 0.147 e. The van der Waals surface area contributed by atoms with Crippen molar-refractivity contribution < 1.29 is 5.11 Å². The van der Waals surface area contributed by atoms with Crippen LogP contribution in [0.4, 0.5) is 5.82 Å². The number of aryl methyl sites for hydroxylation is 1. The quantitative estimate of drug-likeness (QED) is 0.755. The van der Waals surface area contributed by atoms with Gasteiger partial charge < -0.3 is 10.4 Å². The highest BCUT2D eigenvalue weighted by atomic mass is 16.3. The summed E-state index contributed by atoms with van der Waals surface area (Å²) in [5.74, 6) is 0.771. The van der Waals surface area contributed by atoms with Gasteiger partial charge in [0, 0.05) is 18.9 Å². The van der Waals surface area contributed by atoms with Crippen molar-refractivity contribution in [2.45, 2.75) is 31.8 Å². The molecule has 1 saturated carbocycles. The fraction of sp³-hybridized carbons (Fsp3) is 0.600. The molecular weight excluding hydrogens is 178 g/mol. The number of hydrogen-bond acceptors (Lipinski definition) is 4. The zero-order valence-electron chi connectivity index (χ0n) is 8.32. The van der Waals surface area contributed by atoms with Crippen molar-refractivity contribution in [3.05, 3.63) is 18.1 Å². The molecule has 76 valence electrons. The average molecular weight is 193 g/mol. The Bertz CT molecular complexity index is 323. The van der Waals surface area contributed by atoms with Crippen molar-refractivity contribution in [3.63, 3.8) is 0 Å². The van der Waals surface area contributed by atoms with Crippen LogP contribution in [0, 0.1) is 6.92 Å². The van der Waals surface area contributed by atoms with E-state index in [4.69, 9.17) is 0 Å². The van der Waals surface area contributed by atoms with Crippen LogP contribution in [0.5, 0.6) is 0 Å². The molecule has 4 nitrogen and oxygen atoms in total. The molecule has 0 aliphatic heterocycles. The normalized spacial score (nSPS) is 18.7. The third-order valence-electron chi connectivity index (χ3n) is 2.75. The Balaban J connectivity index is 1.95. The highest BCUT2D eigenvalue weighted by Gasteiger charge is 2.34. The molecule has 0 amide bonds. The van der Waals surface area contributed by atoms with Crippen molar-refractivity contribution in [3.8, 4) is 0 Å². The van der Waals surface area contributed by atoms with Crippen molar-refractivity contribution in [1.82, 2.24) is 9.97 Å². The Labute approximate surface area is 83.4 Å². The summed E-state index contributed by atoms with van der Waals surface area (Å²) < 4.78 is 0. The third kappa shape index (κ3) is 1.85. The second-order valence-electron chi connectivity index (χ2n) is 3.92. The van der Waals surface area contributed by atoms with Gasteiger partial charge >= 0.3 is 0 Å². The molecule has 0 aromatic carbocycles. The van der Waals surface area contributed by atoms with E-state index < -0.39 is 5.60 Å². The van der Waals surface area contributed by atoms with Gasteiger partial charge in [0.25, 0.3) is 0 Å². The predicted octanol–water partition coefficient (Wildman–Crippen LogP) is 1.11. The largest absolute Gasteiger partial charge is 0.388 e. The summed E-state index contributed by atoms with van der Waals surface area (Å²) >= 11 is 0. The lowest BCUT2D eigenvalue weighted by Gasteiger charge is -2.36. The van der Waals surface area contributed by atoms with Crippen molar-refractivity contribution >= 4 is 5.82 Å². The van der Waals surface area contributed by atoms with E-state index in [9.17, 15) is 5.11 Å². The van der Waals surface area contributed by atoms with Crippen LogP contribution in [-0.2, 0) is 0 Å². The zero-order chi connectivity index (χ0) is 10.0. The minimum atomic E-state index is -0.510. The average Bonchev–Trinajstić information content (AvgIpc) is 2.14. The summed E-state index contributed by atoms with van der Waals surface area (Å²) in [6, 6.07) is 0. The molecule has 1 aliphatic rings. The van der Waals surface area contributed by atoms with Gasteiger partial charge in [-0.15, -0.1) is 0 Å². The zero-order valence-corrected chi connectivity index (χ0v) is 8.32. The first-order chi connectivity index (χ1) is 6.70. The summed E-state index contributed by atoms with van der Waals surface area (Å²) in [4.78, 5) is 8.27. The SMILES string of the molecule is Cc1nccnc1NCC1(O)CCC1. The maximum atomic E-state index is 9.85. The summed E-state index contributed by atoms with van der Waals surface area (Å²) in [6.45, 7) is 2.48. The van der Waals surface area contributed by atoms with Crippen LogP contribution in [-0.4, -0.2) is 27.2 Å². The van der Waals surface area contributed by atoms with Crippen LogP contribution in [0.25, 0.3) is 0 Å². The number of aromatic nitrogens is 2. The van der Waals surface area contributed by atoms with Crippen molar-refractivity contribution in [1.29, 1.82) is 0 Å². The Morgan fingerprint density at radius 2 is 2.14 bits per heavy atom. The van der Waals surface area contributed by atoms with Gasteiger partial charge in [-0.1, -0.05) is 0 Å². The topological polar surface area (TPSA) is 58.0 Å². The van der Waals surface area contributed by atoms with E-state index >= 15 is 0 Å². The van der Waals surface area contributed by atoms with Gasteiger partial charge in [-0.25, -0.2) is 4.98 Å². The Kier molecular flexibility index (Phi) is 2.37. The van der Waals surface area contributed by atoms with Gasteiger partial charge in [0.1, 0.15) is 5.82 Å². The Morgan fingerprint density at radius 3 is 2.71 bits per heavy atom. The van der Waals surface area contributed by atoms with E-state index in [0.717, 1.165) is 30.8 Å². The molecule has 1 aromatic rings. The highest BCUT2D eigenvalue weighted by molar-refractivity contribution is 5.38. The molecule has 2 rings (SSSR count). The van der Waals surface area contributed by atoms with E-state index in [-0.39, 0.29) is 0 Å². The molecule has 0 unspecified atom stereocenters. The van der Waals surface area contributed by atoms with E-state index in [1.807, 2.05) is 6.92 Å². The summed E-state index contributed by atoms with van der Waals surface area (Å²) in [6.07, 6.45) is 6.22. The molecule has 1 aliphatic carbocycles. The molecule has 1 fully saturated rings. The van der Waals surface area contributed by atoms with Crippen LogP contribution in [0.2, 0.25) is 0 Å². The van der Waals surface area contributed by atoms with E-state index in [1.165, 1.54) is 0 Å². The standard InChI is InChI=1S/C10H15N3O/c1-8-9(12-6-5-11-8)13-7-10(14)3-2-4-10/h5-6,14H,2-4,7H2,1H3,(H,12,13). The molecular formula is C10H15N3O. The number of hydrogen-bond donors (Lipinski definition) is 2. The van der Waals surface area contributed by atoms with Crippen molar-refractivity contribution in [2.24, 2.45) is 0 Å². The molecule has 2 N–H and O–H groups in total. The van der Waals surface area contributed by atoms with Gasteiger partial charge in [0.05, 0.1) is 11.3 Å². The minimum Gasteiger partial charge on any atom is -0.388 e. The molecule has 1 aromatic heterocycles. The molecule has 4 heteroatoms. The van der Waals surface area contributed by atoms with Crippen LogP contribution in [0.15, 0.2) is 12.4 Å². The van der Waals surface area contributed by atoms with Crippen LogP contribution in [0.3, 0.4) is 0 Å². The summed E-state index contributed by atoms with van der Waals surface area (Å²) in [7, 11) is 0. The highest BCUT2D eigenvalue weighted by Crippen LogP contribution is 2.31. The molecule has 0 atom stereocenters. The third-order valence-corrected chi connectivity index (χ3v) is 2.75. The second-order valence-corrected chi connectivity index (χ2v) is 3.92. The number of nitrogens with zero attached hydrogens (tertiary/aromatic N) is 2. The number of anilines is 1. The number of nitrogens with one attached hydrogen (secondary N) is 1. The fourth-order valence-corrected chi connectivity index (χ4v) is 1.59. The molecule has 14 heavy (non-hydrogen) atoms. The van der Waals surface area contributed by atoms with Gasteiger partial charge in [-0.05, 0) is 26.2 Å². The molecule has 0 saturated heterocycles. The van der Waals surface area contributed by atoms with Gasteiger partial charge in [0.2, 0.25) is 0 Å². The lowest BCUT2D eigenvalue weighted by molar-refractivity contribution is -0.0202. The summed E-state index contributed by atoms with van der Waals surface area (Å²) in [5.41, 5.74) is 0.361. The van der Waals surface area contributed by atoms with Gasteiger partial charge in [-0.2, -0.15) is 0 Å². The van der Waals surface area contributed by atoms with Crippen LogP contribution >= 0.6 is 0 Å². The lowest BCUT2D eigenvalue weighted by Crippen LogP contribution is -2.43. The van der Waals surface area contributed by atoms with Gasteiger partial charge in [0.15, 0.2) is 0 Å². The second kappa shape index (κ2) is 3.53. The van der Waals surface area contributed by atoms with E-state index in [2.05, 4.69) is 15.3 Å². The minimum absolute atomic E-state index is 0.510. The maximum Gasteiger partial charge on any atom is 0.147 e. The Hall–Kier alpha value is -1.16. The molecule has 0 spiro atoms. The molecule has 1 heterocycles. The lowest BCUT2D eigenvalue weighted by atomic mass is 9.80. The van der Waals surface area contributed by atoms with E-state index in [0.29, 0.717) is 6.54 Å². The first-order valence-electron chi connectivity index (χ1n) is 4.93. The number of aliphatic hydroxyl groups is 1. The number of rotatable bonds is 3. The first-order valence-corrected chi connectivity index (χ1v) is 4.93. The van der Waals surface area contributed by atoms with E-state index in [1.54, 1.807) is 12.4 Å². The Morgan fingerprint density at radius 1 is 1.43 bits per heavy atom. The predicted molar refractivity (Wildman–Crippen MR) is 54.1 cm³/mol. The summed E-state index contributed by atoms with van der Waals surface area (Å²) in [5, 5.41) is 13.0. The van der Waals surface area contributed by atoms with Crippen LogP contribution in [0.1, 0.15) is 25.0 Å².